The van der Waals surface area contributed by atoms with E-state index in [1.807, 2.05) is 18.2 Å². The van der Waals surface area contributed by atoms with Gasteiger partial charge in [-0.2, -0.15) is 0 Å². The third-order valence-corrected chi connectivity index (χ3v) is 4.23. The molecule has 0 aromatic heterocycles. The molecule has 3 rings (SSSR count). The van der Waals surface area contributed by atoms with Crippen molar-refractivity contribution in [1.29, 1.82) is 0 Å². The zero-order chi connectivity index (χ0) is 17.8. The lowest BCUT2D eigenvalue weighted by atomic mass is 9.99. The summed E-state index contributed by atoms with van der Waals surface area (Å²) < 4.78 is 4.77. The number of carbonyl (C=O) groups is 2. The van der Waals surface area contributed by atoms with Crippen LogP contribution in [0.2, 0.25) is 5.02 Å². The van der Waals surface area contributed by atoms with Gasteiger partial charge in [-0.25, -0.2) is 9.59 Å². The summed E-state index contributed by atoms with van der Waals surface area (Å²) in [7, 11) is 1.37. The van der Waals surface area contributed by atoms with Gasteiger partial charge in [0, 0.05) is 29.5 Å². The molecule has 3 amide bonds. The number of halogens is 1. The molecule has 1 heterocycles. The molecular weight excluding hydrogens is 342 g/mol. The van der Waals surface area contributed by atoms with Crippen LogP contribution in [0.5, 0.6) is 0 Å². The Morgan fingerprint density at radius 1 is 1.08 bits per heavy atom. The molecule has 2 aromatic carbocycles. The zero-order valence-corrected chi connectivity index (χ0v) is 14.5. The fourth-order valence-corrected chi connectivity index (χ4v) is 2.97. The Morgan fingerprint density at radius 3 is 2.56 bits per heavy atom. The van der Waals surface area contributed by atoms with Crippen LogP contribution < -0.4 is 10.6 Å². The van der Waals surface area contributed by atoms with E-state index in [1.54, 1.807) is 29.2 Å². The maximum absolute atomic E-state index is 12.1. The number of methoxy groups -OCH3 is 1. The number of fused-ring (bicyclic) bond motifs is 1. The molecular formula is C18H18ClN3O3. The lowest BCUT2D eigenvalue weighted by Gasteiger charge is -2.28. The van der Waals surface area contributed by atoms with Crippen molar-refractivity contribution in [2.45, 2.75) is 13.0 Å². The van der Waals surface area contributed by atoms with E-state index in [4.69, 9.17) is 16.3 Å². The van der Waals surface area contributed by atoms with Crippen LogP contribution in [-0.4, -0.2) is 30.7 Å². The second-order valence-corrected chi connectivity index (χ2v) is 6.15. The van der Waals surface area contributed by atoms with E-state index in [0.717, 1.165) is 12.0 Å². The first-order chi connectivity index (χ1) is 12.0. The second-order valence-electron chi connectivity index (χ2n) is 5.71. The van der Waals surface area contributed by atoms with Crippen LogP contribution in [-0.2, 0) is 17.7 Å². The number of ether oxygens (including phenoxy) is 1. The average Bonchev–Trinajstić information content (AvgIpc) is 2.60. The maximum Gasteiger partial charge on any atom is 0.409 e. The van der Waals surface area contributed by atoms with Crippen molar-refractivity contribution in [3.63, 3.8) is 0 Å². The number of nitrogens with zero attached hydrogens (tertiary/aromatic N) is 1. The van der Waals surface area contributed by atoms with Crippen LogP contribution in [0, 0.1) is 0 Å². The molecule has 0 saturated carbocycles. The molecule has 0 radical (unpaired) electrons. The summed E-state index contributed by atoms with van der Waals surface area (Å²) in [6.45, 7) is 1.09. The Bertz CT molecular complexity index is 810. The van der Waals surface area contributed by atoms with Crippen molar-refractivity contribution in [2.75, 3.05) is 24.3 Å². The van der Waals surface area contributed by atoms with E-state index in [0.29, 0.717) is 29.5 Å². The van der Waals surface area contributed by atoms with Gasteiger partial charge in [0.25, 0.3) is 0 Å². The van der Waals surface area contributed by atoms with Gasteiger partial charge < -0.3 is 20.3 Å². The number of anilines is 2. The summed E-state index contributed by atoms with van der Waals surface area (Å²) in [5.41, 5.74) is 3.43. The molecule has 2 N–H and O–H groups in total. The van der Waals surface area contributed by atoms with Gasteiger partial charge in [-0.3, -0.25) is 0 Å². The van der Waals surface area contributed by atoms with Gasteiger partial charge in [-0.1, -0.05) is 23.7 Å². The highest BCUT2D eigenvalue weighted by Crippen LogP contribution is 2.23. The Morgan fingerprint density at radius 2 is 1.84 bits per heavy atom. The van der Waals surface area contributed by atoms with Gasteiger partial charge in [0.05, 0.1) is 7.11 Å². The highest BCUT2D eigenvalue weighted by Gasteiger charge is 2.21. The largest absolute Gasteiger partial charge is 0.453 e. The van der Waals surface area contributed by atoms with Crippen molar-refractivity contribution in [3.8, 4) is 0 Å². The fourth-order valence-electron chi connectivity index (χ4n) is 2.78. The summed E-state index contributed by atoms with van der Waals surface area (Å²) in [6, 6.07) is 12.3. The normalized spacial score (nSPS) is 13.0. The predicted molar refractivity (Wildman–Crippen MR) is 97.1 cm³/mol. The van der Waals surface area contributed by atoms with Gasteiger partial charge >= 0.3 is 12.1 Å². The van der Waals surface area contributed by atoms with Crippen molar-refractivity contribution < 1.29 is 14.3 Å². The Labute approximate surface area is 150 Å². The smallest absolute Gasteiger partial charge is 0.409 e. The highest BCUT2D eigenvalue weighted by molar-refractivity contribution is 6.30. The first-order valence-electron chi connectivity index (χ1n) is 7.83. The third-order valence-electron chi connectivity index (χ3n) is 3.99. The summed E-state index contributed by atoms with van der Waals surface area (Å²) in [6.07, 6.45) is 0.419. The maximum atomic E-state index is 12.1. The summed E-state index contributed by atoms with van der Waals surface area (Å²) in [4.78, 5) is 25.5. The van der Waals surface area contributed by atoms with Gasteiger partial charge in [-0.15, -0.1) is 0 Å². The van der Waals surface area contributed by atoms with E-state index in [2.05, 4.69) is 10.6 Å². The molecule has 2 aromatic rings. The molecule has 6 nitrogen and oxygen atoms in total. The molecule has 0 saturated heterocycles. The van der Waals surface area contributed by atoms with Crippen molar-refractivity contribution in [1.82, 2.24) is 4.90 Å². The number of urea groups is 1. The predicted octanol–water partition coefficient (Wildman–Crippen LogP) is 4.11. The SMILES string of the molecule is COC(=O)N1CCc2ccc(NC(=O)Nc3cccc(Cl)c3)cc2C1. The molecule has 25 heavy (non-hydrogen) atoms. The van der Waals surface area contributed by atoms with E-state index in [1.165, 1.54) is 12.7 Å². The van der Waals surface area contributed by atoms with E-state index in [-0.39, 0.29) is 12.1 Å². The summed E-state index contributed by atoms with van der Waals surface area (Å²) in [5.74, 6) is 0. The number of carbonyl (C=O) groups excluding carboxylic acids is 2. The van der Waals surface area contributed by atoms with E-state index in [9.17, 15) is 9.59 Å². The Kier molecular flexibility index (Phi) is 5.09. The van der Waals surface area contributed by atoms with Crippen LogP contribution in [0.1, 0.15) is 11.1 Å². The monoisotopic (exact) mass is 359 g/mol. The topological polar surface area (TPSA) is 70.7 Å². The van der Waals surface area contributed by atoms with Crippen molar-refractivity contribution in [2.24, 2.45) is 0 Å². The van der Waals surface area contributed by atoms with Gasteiger partial charge in [0.2, 0.25) is 0 Å². The summed E-state index contributed by atoms with van der Waals surface area (Å²) in [5, 5.41) is 6.07. The number of hydrogen-bond acceptors (Lipinski definition) is 3. The van der Waals surface area contributed by atoms with Crippen LogP contribution >= 0.6 is 11.6 Å². The van der Waals surface area contributed by atoms with Crippen LogP contribution in [0.3, 0.4) is 0 Å². The van der Waals surface area contributed by atoms with Gasteiger partial charge in [-0.05, 0) is 47.9 Å². The lowest BCUT2D eigenvalue weighted by molar-refractivity contribution is 0.118. The molecule has 0 fully saturated rings. The average molecular weight is 360 g/mol. The first kappa shape index (κ1) is 17.1. The molecule has 0 atom stereocenters. The van der Waals surface area contributed by atoms with Crippen LogP contribution in [0.4, 0.5) is 21.0 Å². The molecule has 0 unspecified atom stereocenters. The van der Waals surface area contributed by atoms with Crippen LogP contribution in [0.15, 0.2) is 42.5 Å². The van der Waals surface area contributed by atoms with E-state index >= 15 is 0 Å². The molecule has 0 aliphatic carbocycles. The Balaban J connectivity index is 1.68. The van der Waals surface area contributed by atoms with E-state index < -0.39 is 0 Å². The number of rotatable bonds is 2. The minimum absolute atomic E-state index is 0.345. The summed E-state index contributed by atoms with van der Waals surface area (Å²) >= 11 is 5.90. The molecule has 7 heteroatoms. The Hall–Kier alpha value is -2.73. The molecule has 1 aliphatic heterocycles. The lowest BCUT2D eigenvalue weighted by Crippen LogP contribution is -2.35. The number of hydrogen-bond donors (Lipinski definition) is 2. The first-order valence-corrected chi connectivity index (χ1v) is 8.21. The second kappa shape index (κ2) is 7.44. The van der Waals surface area contributed by atoms with Gasteiger partial charge in [0.1, 0.15) is 0 Å². The highest BCUT2D eigenvalue weighted by atomic mass is 35.5. The van der Waals surface area contributed by atoms with Gasteiger partial charge in [0.15, 0.2) is 0 Å². The number of benzene rings is 2. The van der Waals surface area contributed by atoms with Crippen molar-refractivity contribution in [3.05, 3.63) is 58.6 Å². The minimum atomic E-state index is -0.358. The van der Waals surface area contributed by atoms with Crippen molar-refractivity contribution >= 4 is 35.1 Å². The quantitative estimate of drug-likeness (QED) is 0.847. The standard InChI is InChI=1S/C18H18ClN3O3/c1-25-18(24)22-8-7-12-5-6-16(9-13(12)11-22)21-17(23)20-15-4-2-3-14(19)10-15/h2-6,9-10H,7-8,11H2,1H3,(H2,20,21,23). The number of amides is 3. The molecule has 130 valence electrons. The zero-order valence-electron chi connectivity index (χ0n) is 13.7. The minimum Gasteiger partial charge on any atom is -0.453 e. The molecule has 0 bridgehead atoms. The number of nitrogens with one attached hydrogen (secondary N) is 2. The van der Waals surface area contributed by atoms with Crippen LogP contribution in [0.25, 0.3) is 0 Å². The fraction of sp³-hybridized carbons (Fsp3) is 0.222. The molecule has 1 aliphatic rings. The molecule has 0 spiro atoms. The third kappa shape index (κ3) is 4.22.